The fraction of sp³-hybridized carbons (Fsp3) is 0.533. The van der Waals surface area contributed by atoms with Crippen LogP contribution in [0.5, 0.6) is 0 Å². The molecule has 2 aromatic heterocycles. The van der Waals surface area contributed by atoms with E-state index in [1.54, 1.807) is 0 Å². The van der Waals surface area contributed by atoms with E-state index in [-0.39, 0.29) is 6.04 Å². The van der Waals surface area contributed by atoms with Crippen LogP contribution in [0.15, 0.2) is 16.9 Å². The van der Waals surface area contributed by atoms with Crippen LogP contribution in [0, 0.1) is 6.92 Å². The van der Waals surface area contributed by atoms with Gasteiger partial charge in [0, 0.05) is 19.2 Å². The maximum absolute atomic E-state index is 4.65. The maximum atomic E-state index is 4.65. The molecule has 2 heterocycles. The van der Waals surface area contributed by atoms with Crippen molar-refractivity contribution in [3.8, 4) is 0 Å². The molecule has 0 aliphatic carbocycles. The molecule has 6 heteroatoms. The summed E-state index contributed by atoms with van der Waals surface area (Å²) in [6.45, 7) is 7.05. The molecule has 5 nitrogen and oxygen atoms in total. The zero-order chi connectivity index (χ0) is 15.4. The van der Waals surface area contributed by atoms with E-state index in [2.05, 4.69) is 54.8 Å². The molecular weight excluding hydrogens is 330 g/mol. The van der Waals surface area contributed by atoms with Crippen molar-refractivity contribution < 1.29 is 0 Å². The van der Waals surface area contributed by atoms with E-state index in [0.29, 0.717) is 0 Å². The Bertz CT molecular complexity index is 591. The topological polar surface area (TPSA) is 55.6 Å². The molecule has 2 rings (SSSR count). The quantitative estimate of drug-likeness (QED) is 0.869. The first kappa shape index (κ1) is 16.1. The first-order chi connectivity index (χ1) is 10.1. The van der Waals surface area contributed by atoms with Crippen molar-refractivity contribution in [1.82, 2.24) is 25.1 Å². The fourth-order valence-corrected chi connectivity index (χ4v) is 3.07. The van der Waals surface area contributed by atoms with Crippen LogP contribution in [-0.2, 0) is 19.4 Å². The van der Waals surface area contributed by atoms with Gasteiger partial charge in [-0.3, -0.25) is 14.6 Å². The summed E-state index contributed by atoms with van der Waals surface area (Å²) in [5, 5.41) is 7.98. The second kappa shape index (κ2) is 7.13. The Morgan fingerprint density at radius 1 is 1.29 bits per heavy atom. The van der Waals surface area contributed by atoms with Crippen molar-refractivity contribution >= 4 is 15.9 Å². The summed E-state index contributed by atoms with van der Waals surface area (Å²) in [5.74, 6) is 0. The molecule has 114 valence electrons. The van der Waals surface area contributed by atoms with Crippen LogP contribution in [0.4, 0.5) is 0 Å². The maximum Gasteiger partial charge on any atom is 0.0766 e. The summed E-state index contributed by atoms with van der Waals surface area (Å²) in [6, 6.07) is 0.126. The molecule has 0 aliphatic rings. The van der Waals surface area contributed by atoms with Crippen LogP contribution >= 0.6 is 15.9 Å². The molecule has 0 radical (unpaired) electrons. The third-order valence-electron chi connectivity index (χ3n) is 3.60. The standard InChI is InChI=1S/C15H22BrN5/c1-5-11-15(16)14(21(6-2)20-11)7-12(17-4)13-9-18-10(3)8-19-13/h8-9,12,17H,5-7H2,1-4H3. The van der Waals surface area contributed by atoms with E-state index in [1.807, 2.05) is 26.4 Å². The average molecular weight is 352 g/mol. The number of hydrogen-bond acceptors (Lipinski definition) is 4. The van der Waals surface area contributed by atoms with Gasteiger partial charge < -0.3 is 5.32 Å². The molecule has 1 N–H and O–H groups in total. The van der Waals surface area contributed by atoms with E-state index in [4.69, 9.17) is 0 Å². The van der Waals surface area contributed by atoms with E-state index in [0.717, 1.165) is 40.9 Å². The molecule has 1 unspecified atom stereocenters. The van der Waals surface area contributed by atoms with Crippen LogP contribution in [0.2, 0.25) is 0 Å². The van der Waals surface area contributed by atoms with E-state index < -0.39 is 0 Å². The monoisotopic (exact) mass is 351 g/mol. The van der Waals surface area contributed by atoms with Crippen LogP contribution in [0.3, 0.4) is 0 Å². The lowest BCUT2D eigenvalue weighted by atomic mass is 10.1. The third kappa shape index (κ3) is 3.49. The molecule has 0 saturated carbocycles. The Morgan fingerprint density at radius 3 is 2.57 bits per heavy atom. The Kier molecular flexibility index (Phi) is 5.47. The number of halogens is 1. The molecule has 0 spiro atoms. The van der Waals surface area contributed by atoms with Gasteiger partial charge in [-0.05, 0) is 43.2 Å². The predicted molar refractivity (Wildman–Crippen MR) is 87.3 cm³/mol. The van der Waals surface area contributed by atoms with Crippen LogP contribution in [0.1, 0.15) is 42.7 Å². The average Bonchev–Trinajstić information content (AvgIpc) is 2.81. The van der Waals surface area contributed by atoms with Crippen molar-refractivity contribution in [2.75, 3.05) is 7.05 Å². The van der Waals surface area contributed by atoms with E-state index in [1.165, 1.54) is 5.69 Å². The number of aromatic nitrogens is 4. The second-order valence-electron chi connectivity index (χ2n) is 5.00. The van der Waals surface area contributed by atoms with Gasteiger partial charge in [0.05, 0.1) is 39.5 Å². The minimum absolute atomic E-state index is 0.126. The number of rotatable bonds is 6. The molecule has 0 amide bonds. The van der Waals surface area contributed by atoms with Gasteiger partial charge in [-0.25, -0.2) is 0 Å². The SMILES string of the molecule is CCc1nn(CC)c(CC(NC)c2cnc(C)cn2)c1Br. The minimum Gasteiger partial charge on any atom is -0.311 e. The molecule has 0 saturated heterocycles. The Hall–Kier alpha value is -1.27. The zero-order valence-corrected chi connectivity index (χ0v) is 14.6. The summed E-state index contributed by atoms with van der Waals surface area (Å²) >= 11 is 3.70. The van der Waals surface area contributed by atoms with Gasteiger partial charge in [0.1, 0.15) is 0 Å². The number of nitrogens with zero attached hydrogens (tertiary/aromatic N) is 4. The van der Waals surface area contributed by atoms with Crippen molar-refractivity contribution in [3.05, 3.63) is 39.6 Å². The van der Waals surface area contributed by atoms with Crippen molar-refractivity contribution in [1.29, 1.82) is 0 Å². The lowest BCUT2D eigenvalue weighted by Crippen LogP contribution is -2.22. The summed E-state index contributed by atoms with van der Waals surface area (Å²) in [7, 11) is 1.95. The summed E-state index contributed by atoms with van der Waals surface area (Å²) in [4.78, 5) is 8.83. The lowest BCUT2D eigenvalue weighted by molar-refractivity contribution is 0.528. The number of aryl methyl sites for hydroxylation is 3. The van der Waals surface area contributed by atoms with Gasteiger partial charge in [0.25, 0.3) is 0 Å². The van der Waals surface area contributed by atoms with Crippen LogP contribution in [0.25, 0.3) is 0 Å². The molecule has 0 aliphatic heterocycles. The van der Waals surface area contributed by atoms with Gasteiger partial charge in [-0.15, -0.1) is 0 Å². The summed E-state index contributed by atoms with van der Waals surface area (Å²) in [5.41, 5.74) is 4.20. The molecule has 21 heavy (non-hydrogen) atoms. The first-order valence-corrected chi connectivity index (χ1v) is 8.09. The third-order valence-corrected chi connectivity index (χ3v) is 4.51. The number of hydrogen-bond donors (Lipinski definition) is 1. The normalized spacial score (nSPS) is 12.6. The predicted octanol–water partition coefficient (Wildman–Crippen LogP) is 2.83. The van der Waals surface area contributed by atoms with Crippen LogP contribution < -0.4 is 5.32 Å². The van der Waals surface area contributed by atoms with Gasteiger partial charge in [0.15, 0.2) is 0 Å². The van der Waals surface area contributed by atoms with Crippen LogP contribution in [-0.4, -0.2) is 26.8 Å². The smallest absolute Gasteiger partial charge is 0.0766 e. The number of nitrogens with one attached hydrogen (secondary N) is 1. The van der Waals surface area contributed by atoms with Crippen molar-refractivity contribution in [2.45, 2.75) is 46.2 Å². The Morgan fingerprint density at radius 2 is 2.05 bits per heavy atom. The summed E-state index contributed by atoms with van der Waals surface area (Å²) < 4.78 is 3.18. The number of likely N-dealkylation sites (N-methyl/N-ethyl adjacent to an activating group) is 1. The van der Waals surface area contributed by atoms with Gasteiger partial charge in [-0.2, -0.15) is 5.10 Å². The van der Waals surface area contributed by atoms with Crippen molar-refractivity contribution in [2.24, 2.45) is 0 Å². The summed E-state index contributed by atoms with van der Waals surface area (Å²) in [6.07, 6.45) is 5.41. The molecule has 1 atom stereocenters. The largest absolute Gasteiger partial charge is 0.311 e. The van der Waals surface area contributed by atoms with Gasteiger partial charge >= 0.3 is 0 Å². The molecule has 2 aromatic rings. The van der Waals surface area contributed by atoms with E-state index >= 15 is 0 Å². The molecular formula is C15H22BrN5. The van der Waals surface area contributed by atoms with Gasteiger partial charge in [0.2, 0.25) is 0 Å². The highest BCUT2D eigenvalue weighted by molar-refractivity contribution is 9.10. The molecule has 0 bridgehead atoms. The minimum atomic E-state index is 0.126. The highest BCUT2D eigenvalue weighted by Crippen LogP contribution is 2.26. The Labute approximate surface area is 134 Å². The van der Waals surface area contributed by atoms with E-state index in [9.17, 15) is 0 Å². The second-order valence-corrected chi connectivity index (χ2v) is 5.80. The Balaban J connectivity index is 2.30. The fourth-order valence-electron chi connectivity index (χ4n) is 2.34. The lowest BCUT2D eigenvalue weighted by Gasteiger charge is -2.16. The highest BCUT2D eigenvalue weighted by Gasteiger charge is 2.19. The van der Waals surface area contributed by atoms with Crippen molar-refractivity contribution in [3.63, 3.8) is 0 Å². The zero-order valence-electron chi connectivity index (χ0n) is 13.0. The first-order valence-electron chi connectivity index (χ1n) is 7.30. The molecule has 0 fully saturated rings. The highest BCUT2D eigenvalue weighted by atomic mass is 79.9. The molecule has 0 aromatic carbocycles. The van der Waals surface area contributed by atoms with Gasteiger partial charge in [-0.1, -0.05) is 6.92 Å².